The highest BCUT2D eigenvalue weighted by atomic mass is 15.3. The van der Waals surface area contributed by atoms with Gasteiger partial charge >= 0.3 is 0 Å². The Morgan fingerprint density at radius 1 is 1.50 bits per heavy atom. The molecule has 0 amide bonds. The standard InChI is InChI=1S/C14H26N4/c1-4-14-12(10-18(3)16-14)9-17(2)11-13-7-5-6-8-15-13/h10,13,15H,4-9,11H2,1-3H3. The smallest absolute Gasteiger partial charge is 0.0666 e. The van der Waals surface area contributed by atoms with Gasteiger partial charge in [-0.1, -0.05) is 13.3 Å². The van der Waals surface area contributed by atoms with Crippen molar-refractivity contribution in [3.63, 3.8) is 0 Å². The minimum atomic E-state index is 0.672. The molecule has 1 aromatic rings. The van der Waals surface area contributed by atoms with Crippen LogP contribution in [0, 0.1) is 0 Å². The molecule has 0 aliphatic carbocycles. The van der Waals surface area contributed by atoms with Crippen molar-refractivity contribution in [1.82, 2.24) is 20.0 Å². The normalized spacial score (nSPS) is 20.6. The fraction of sp³-hybridized carbons (Fsp3) is 0.786. The quantitative estimate of drug-likeness (QED) is 0.861. The van der Waals surface area contributed by atoms with E-state index in [0.717, 1.165) is 19.5 Å². The highest BCUT2D eigenvalue weighted by molar-refractivity contribution is 5.16. The lowest BCUT2D eigenvalue weighted by Gasteiger charge is -2.28. The zero-order valence-corrected chi connectivity index (χ0v) is 11.9. The number of hydrogen-bond donors (Lipinski definition) is 1. The molecular weight excluding hydrogens is 224 g/mol. The van der Waals surface area contributed by atoms with E-state index in [9.17, 15) is 0 Å². The Bertz CT molecular complexity index is 366. The van der Waals surface area contributed by atoms with Crippen LogP contribution in [0.2, 0.25) is 0 Å². The van der Waals surface area contributed by atoms with Crippen molar-refractivity contribution < 1.29 is 0 Å². The molecule has 4 nitrogen and oxygen atoms in total. The first-order chi connectivity index (χ1) is 8.69. The molecule has 18 heavy (non-hydrogen) atoms. The largest absolute Gasteiger partial charge is 0.313 e. The zero-order valence-electron chi connectivity index (χ0n) is 11.9. The molecule has 1 saturated heterocycles. The molecule has 1 aliphatic heterocycles. The Labute approximate surface area is 110 Å². The molecule has 4 heteroatoms. The van der Waals surface area contributed by atoms with Gasteiger partial charge in [0.05, 0.1) is 5.69 Å². The molecule has 1 N–H and O–H groups in total. The van der Waals surface area contributed by atoms with Gasteiger partial charge in [-0.05, 0) is 32.9 Å². The Balaban J connectivity index is 1.87. The van der Waals surface area contributed by atoms with E-state index >= 15 is 0 Å². The molecule has 1 aromatic heterocycles. The van der Waals surface area contributed by atoms with Crippen molar-refractivity contribution >= 4 is 0 Å². The summed E-state index contributed by atoms with van der Waals surface area (Å²) in [6.45, 7) is 5.51. The molecule has 0 spiro atoms. The SMILES string of the molecule is CCc1nn(C)cc1CN(C)CC1CCCCN1. The molecule has 1 aliphatic rings. The minimum Gasteiger partial charge on any atom is -0.313 e. The monoisotopic (exact) mass is 250 g/mol. The lowest BCUT2D eigenvalue weighted by Crippen LogP contribution is -2.42. The summed E-state index contributed by atoms with van der Waals surface area (Å²) < 4.78 is 1.93. The third kappa shape index (κ3) is 3.56. The van der Waals surface area contributed by atoms with Gasteiger partial charge in [0.2, 0.25) is 0 Å². The number of aryl methyl sites for hydroxylation is 2. The molecule has 1 unspecified atom stereocenters. The molecule has 1 fully saturated rings. The second-order valence-corrected chi connectivity index (χ2v) is 5.47. The highest BCUT2D eigenvalue weighted by Gasteiger charge is 2.16. The van der Waals surface area contributed by atoms with E-state index in [4.69, 9.17) is 0 Å². The van der Waals surface area contributed by atoms with Crippen LogP contribution < -0.4 is 5.32 Å². The topological polar surface area (TPSA) is 33.1 Å². The predicted molar refractivity (Wildman–Crippen MR) is 74.6 cm³/mol. The Morgan fingerprint density at radius 2 is 2.33 bits per heavy atom. The molecule has 102 valence electrons. The van der Waals surface area contributed by atoms with Crippen LogP contribution in [0.4, 0.5) is 0 Å². The minimum absolute atomic E-state index is 0.672. The summed E-state index contributed by atoms with van der Waals surface area (Å²) in [5.74, 6) is 0. The molecule has 2 heterocycles. The van der Waals surface area contributed by atoms with Crippen LogP contribution in [-0.4, -0.2) is 40.9 Å². The zero-order chi connectivity index (χ0) is 13.0. The molecule has 1 atom stereocenters. The van der Waals surface area contributed by atoms with Gasteiger partial charge in [-0.25, -0.2) is 0 Å². The third-order valence-corrected chi connectivity index (χ3v) is 3.71. The van der Waals surface area contributed by atoms with E-state index in [-0.39, 0.29) is 0 Å². The van der Waals surface area contributed by atoms with E-state index in [2.05, 4.69) is 35.5 Å². The van der Waals surface area contributed by atoms with Gasteiger partial charge in [-0.2, -0.15) is 5.10 Å². The van der Waals surface area contributed by atoms with Crippen LogP contribution in [-0.2, 0) is 20.0 Å². The Morgan fingerprint density at radius 3 is 3.00 bits per heavy atom. The Hall–Kier alpha value is -0.870. The number of piperidine rings is 1. The van der Waals surface area contributed by atoms with E-state index in [1.54, 1.807) is 0 Å². The maximum atomic E-state index is 4.50. The van der Waals surface area contributed by atoms with E-state index in [1.807, 2.05) is 11.7 Å². The molecule has 2 rings (SSSR count). The summed E-state index contributed by atoms with van der Waals surface area (Å²) in [6.07, 6.45) is 7.20. The summed E-state index contributed by atoms with van der Waals surface area (Å²) >= 11 is 0. The molecular formula is C14H26N4. The van der Waals surface area contributed by atoms with Gasteiger partial charge in [0.15, 0.2) is 0 Å². The lowest BCUT2D eigenvalue weighted by molar-refractivity contribution is 0.256. The van der Waals surface area contributed by atoms with Crippen molar-refractivity contribution in [2.75, 3.05) is 20.1 Å². The van der Waals surface area contributed by atoms with E-state index in [1.165, 1.54) is 37.1 Å². The lowest BCUT2D eigenvalue weighted by atomic mass is 10.0. The predicted octanol–water partition coefficient (Wildman–Crippen LogP) is 1.56. The second-order valence-electron chi connectivity index (χ2n) is 5.47. The third-order valence-electron chi connectivity index (χ3n) is 3.71. The fourth-order valence-corrected chi connectivity index (χ4v) is 2.82. The van der Waals surface area contributed by atoms with Crippen LogP contribution in [0.3, 0.4) is 0 Å². The van der Waals surface area contributed by atoms with Crippen molar-refractivity contribution in [2.24, 2.45) is 7.05 Å². The van der Waals surface area contributed by atoms with Crippen molar-refractivity contribution in [2.45, 2.75) is 45.2 Å². The highest BCUT2D eigenvalue weighted by Crippen LogP contribution is 2.12. The first kappa shape index (κ1) is 13.6. The van der Waals surface area contributed by atoms with Gasteiger partial charge in [0.25, 0.3) is 0 Å². The summed E-state index contributed by atoms with van der Waals surface area (Å²) in [7, 11) is 4.22. The first-order valence-electron chi connectivity index (χ1n) is 7.12. The number of hydrogen-bond acceptors (Lipinski definition) is 3. The summed E-state index contributed by atoms with van der Waals surface area (Å²) in [5.41, 5.74) is 2.61. The number of nitrogens with zero attached hydrogens (tertiary/aromatic N) is 3. The molecule has 0 aromatic carbocycles. The Kier molecular flexibility index (Phi) is 4.78. The first-order valence-corrected chi connectivity index (χ1v) is 7.12. The van der Waals surface area contributed by atoms with Gasteiger partial charge in [-0.3, -0.25) is 4.68 Å². The number of likely N-dealkylation sites (N-methyl/N-ethyl adjacent to an activating group) is 1. The van der Waals surface area contributed by atoms with Crippen LogP contribution in [0.15, 0.2) is 6.20 Å². The second kappa shape index (κ2) is 6.34. The van der Waals surface area contributed by atoms with Crippen LogP contribution in [0.1, 0.15) is 37.4 Å². The van der Waals surface area contributed by atoms with Crippen LogP contribution in [0.5, 0.6) is 0 Å². The maximum absolute atomic E-state index is 4.50. The van der Waals surface area contributed by atoms with E-state index < -0.39 is 0 Å². The van der Waals surface area contributed by atoms with Crippen molar-refractivity contribution in [1.29, 1.82) is 0 Å². The van der Waals surface area contributed by atoms with Gasteiger partial charge < -0.3 is 10.2 Å². The number of nitrogens with one attached hydrogen (secondary N) is 1. The summed E-state index contributed by atoms with van der Waals surface area (Å²) in [6, 6.07) is 0.672. The molecule has 0 radical (unpaired) electrons. The van der Waals surface area contributed by atoms with Gasteiger partial charge in [0, 0.05) is 37.9 Å². The summed E-state index contributed by atoms with van der Waals surface area (Å²) in [5, 5.41) is 8.11. The van der Waals surface area contributed by atoms with Gasteiger partial charge in [0.1, 0.15) is 0 Å². The average molecular weight is 250 g/mol. The van der Waals surface area contributed by atoms with Crippen molar-refractivity contribution in [3.05, 3.63) is 17.5 Å². The van der Waals surface area contributed by atoms with Crippen LogP contribution >= 0.6 is 0 Å². The van der Waals surface area contributed by atoms with Crippen LogP contribution in [0.25, 0.3) is 0 Å². The summed E-state index contributed by atoms with van der Waals surface area (Å²) in [4.78, 5) is 2.42. The molecule has 0 saturated carbocycles. The molecule has 0 bridgehead atoms. The number of aromatic nitrogens is 2. The van der Waals surface area contributed by atoms with E-state index in [0.29, 0.717) is 6.04 Å². The maximum Gasteiger partial charge on any atom is 0.0666 e. The number of rotatable bonds is 5. The van der Waals surface area contributed by atoms with Gasteiger partial charge in [-0.15, -0.1) is 0 Å². The fourth-order valence-electron chi connectivity index (χ4n) is 2.82. The average Bonchev–Trinajstić information content (AvgIpc) is 2.70. The van der Waals surface area contributed by atoms with Crippen molar-refractivity contribution in [3.8, 4) is 0 Å².